The van der Waals surface area contributed by atoms with Crippen LogP contribution in [0.4, 0.5) is 0 Å². The van der Waals surface area contributed by atoms with Gasteiger partial charge in [0, 0.05) is 10.5 Å². The van der Waals surface area contributed by atoms with Crippen molar-refractivity contribution in [2.24, 2.45) is 0 Å². The van der Waals surface area contributed by atoms with Crippen molar-refractivity contribution in [3.8, 4) is 5.75 Å². The molecule has 0 bridgehead atoms. The third kappa shape index (κ3) is 3.84. The van der Waals surface area contributed by atoms with Crippen molar-refractivity contribution in [2.75, 3.05) is 7.11 Å². The summed E-state index contributed by atoms with van der Waals surface area (Å²) in [4.78, 5) is 12.3. The van der Waals surface area contributed by atoms with Gasteiger partial charge in [0.15, 0.2) is 0 Å². The minimum Gasteiger partial charge on any atom is -0.497 e. The maximum atomic E-state index is 12.3. The molecular weight excluding hydrogens is 338 g/mol. The summed E-state index contributed by atoms with van der Waals surface area (Å²) < 4.78 is 5.91. The first-order chi connectivity index (χ1) is 9.60. The molecule has 2 aromatic rings. The molecule has 0 aliphatic heterocycles. The molecule has 20 heavy (non-hydrogen) atoms. The van der Waals surface area contributed by atoms with Crippen LogP contribution in [0.1, 0.15) is 22.8 Å². The number of halogens is 1. The fourth-order valence-electron chi connectivity index (χ4n) is 1.92. The number of carbonyl (C=O) groups is 1. The molecule has 1 aromatic carbocycles. The van der Waals surface area contributed by atoms with Gasteiger partial charge in [0.25, 0.3) is 5.91 Å². The summed E-state index contributed by atoms with van der Waals surface area (Å²) in [6, 6.07) is 7.52. The molecule has 1 aromatic heterocycles. The van der Waals surface area contributed by atoms with Gasteiger partial charge in [-0.2, -0.15) is 11.3 Å². The highest BCUT2D eigenvalue weighted by Crippen LogP contribution is 2.22. The Morgan fingerprint density at radius 2 is 2.25 bits per heavy atom. The molecule has 1 atom stereocenters. The van der Waals surface area contributed by atoms with E-state index in [2.05, 4.69) is 32.7 Å². The van der Waals surface area contributed by atoms with E-state index in [9.17, 15) is 4.79 Å². The standard InChI is InChI=1S/C15H16BrNO2S/c1-10(7-11-5-6-20-9-11)17-15(18)13-8-12(19-2)3-4-14(13)16/h3-6,8-10H,7H2,1-2H3,(H,17,18). The van der Waals surface area contributed by atoms with Gasteiger partial charge < -0.3 is 10.1 Å². The third-order valence-electron chi connectivity index (χ3n) is 2.92. The van der Waals surface area contributed by atoms with Crippen LogP contribution in [-0.4, -0.2) is 19.1 Å². The molecule has 0 spiro atoms. The number of rotatable bonds is 5. The second-order valence-electron chi connectivity index (χ2n) is 4.56. The number of amides is 1. The molecule has 0 saturated heterocycles. The molecule has 106 valence electrons. The number of hydrogen-bond donors (Lipinski definition) is 1. The lowest BCUT2D eigenvalue weighted by molar-refractivity contribution is 0.0939. The topological polar surface area (TPSA) is 38.3 Å². The Kier molecular flexibility index (Phi) is 5.20. The van der Waals surface area contributed by atoms with Gasteiger partial charge in [0.1, 0.15) is 5.75 Å². The van der Waals surface area contributed by atoms with E-state index >= 15 is 0 Å². The first-order valence-corrected chi connectivity index (χ1v) is 7.99. The Balaban J connectivity index is 2.04. The number of carbonyl (C=O) groups excluding carboxylic acids is 1. The van der Waals surface area contributed by atoms with Crippen molar-refractivity contribution >= 4 is 33.2 Å². The second kappa shape index (κ2) is 6.90. The molecule has 0 fully saturated rings. The SMILES string of the molecule is COc1ccc(Br)c(C(=O)NC(C)Cc2ccsc2)c1. The molecule has 1 unspecified atom stereocenters. The molecular formula is C15H16BrNO2S. The number of nitrogens with one attached hydrogen (secondary N) is 1. The maximum Gasteiger partial charge on any atom is 0.252 e. The molecule has 3 nitrogen and oxygen atoms in total. The largest absolute Gasteiger partial charge is 0.497 e. The average Bonchev–Trinajstić information content (AvgIpc) is 2.91. The van der Waals surface area contributed by atoms with E-state index in [0.29, 0.717) is 11.3 Å². The maximum absolute atomic E-state index is 12.3. The predicted octanol–water partition coefficient (Wildman–Crippen LogP) is 3.88. The summed E-state index contributed by atoms with van der Waals surface area (Å²) >= 11 is 5.06. The van der Waals surface area contributed by atoms with Gasteiger partial charge in [-0.1, -0.05) is 0 Å². The number of hydrogen-bond acceptors (Lipinski definition) is 3. The summed E-state index contributed by atoms with van der Waals surface area (Å²) in [6.45, 7) is 2.00. The number of ether oxygens (including phenoxy) is 1. The van der Waals surface area contributed by atoms with Crippen molar-refractivity contribution in [3.63, 3.8) is 0 Å². The molecule has 0 aliphatic rings. The minimum absolute atomic E-state index is 0.0789. The number of thiophene rings is 1. The second-order valence-corrected chi connectivity index (χ2v) is 6.19. The van der Waals surface area contributed by atoms with E-state index in [1.807, 2.05) is 24.4 Å². The van der Waals surface area contributed by atoms with E-state index in [-0.39, 0.29) is 11.9 Å². The molecule has 2 rings (SSSR count). The van der Waals surface area contributed by atoms with E-state index in [0.717, 1.165) is 10.9 Å². The van der Waals surface area contributed by atoms with Crippen molar-refractivity contribution in [2.45, 2.75) is 19.4 Å². The third-order valence-corrected chi connectivity index (χ3v) is 4.34. The summed E-state index contributed by atoms with van der Waals surface area (Å²) in [5.41, 5.74) is 1.83. The lowest BCUT2D eigenvalue weighted by Gasteiger charge is -2.14. The van der Waals surface area contributed by atoms with Crippen molar-refractivity contribution < 1.29 is 9.53 Å². The fraction of sp³-hybridized carbons (Fsp3) is 0.267. The monoisotopic (exact) mass is 353 g/mol. The molecule has 1 heterocycles. The number of benzene rings is 1. The zero-order valence-electron chi connectivity index (χ0n) is 11.4. The Bertz CT molecular complexity index is 584. The van der Waals surface area contributed by atoms with Crippen LogP contribution in [0.15, 0.2) is 39.5 Å². The van der Waals surface area contributed by atoms with Gasteiger partial charge in [-0.15, -0.1) is 0 Å². The van der Waals surface area contributed by atoms with Gasteiger partial charge >= 0.3 is 0 Å². The van der Waals surface area contributed by atoms with E-state index in [1.165, 1.54) is 5.56 Å². The molecule has 1 amide bonds. The fourth-order valence-corrected chi connectivity index (χ4v) is 3.03. The van der Waals surface area contributed by atoms with E-state index < -0.39 is 0 Å². The summed E-state index contributed by atoms with van der Waals surface area (Å²) in [5, 5.41) is 7.15. The Morgan fingerprint density at radius 1 is 1.45 bits per heavy atom. The Labute approximate surface area is 131 Å². The van der Waals surface area contributed by atoms with Crippen LogP contribution in [0.5, 0.6) is 5.75 Å². The first kappa shape index (κ1) is 15.1. The summed E-state index contributed by atoms with van der Waals surface area (Å²) in [5.74, 6) is 0.572. The molecule has 0 aliphatic carbocycles. The highest BCUT2D eigenvalue weighted by atomic mass is 79.9. The van der Waals surface area contributed by atoms with Crippen LogP contribution in [0, 0.1) is 0 Å². The van der Waals surface area contributed by atoms with Crippen molar-refractivity contribution in [3.05, 3.63) is 50.6 Å². The lowest BCUT2D eigenvalue weighted by atomic mass is 10.1. The highest BCUT2D eigenvalue weighted by molar-refractivity contribution is 9.10. The van der Waals surface area contributed by atoms with Gasteiger partial charge in [0.05, 0.1) is 12.7 Å². The molecule has 1 N–H and O–H groups in total. The first-order valence-electron chi connectivity index (χ1n) is 6.25. The van der Waals surface area contributed by atoms with Gasteiger partial charge in [-0.05, 0) is 69.9 Å². The van der Waals surface area contributed by atoms with E-state index in [4.69, 9.17) is 4.74 Å². The van der Waals surface area contributed by atoms with Crippen LogP contribution in [-0.2, 0) is 6.42 Å². The zero-order valence-corrected chi connectivity index (χ0v) is 13.8. The molecule has 0 radical (unpaired) electrons. The minimum atomic E-state index is -0.0986. The van der Waals surface area contributed by atoms with Gasteiger partial charge in [-0.25, -0.2) is 0 Å². The van der Waals surface area contributed by atoms with Crippen LogP contribution >= 0.6 is 27.3 Å². The molecule has 5 heteroatoms. The summed E-state index contributed by atoms with van der Waals surface area (Å²) in [6.07, 6.45) is 0.830. The Hall–Kier alpha value is -1.33. The smallest absolute Gasteiger partial charge is 0.252 e. The van der Waals surface area contributed by atoms with Crippen molar-refractivity contribution in [1.82, 2.24) is 5.32 Å². The average molecular weight is 354 g/mol. The number of methoxy groups -OCH3 is 1. The van der Waals surface area contributed by atoms with Crippen LogP contribution < -0.4 is 10.1 Å². The normalized spacial score (nSPS) is 11.9. The highest BCUT2D eigenvalue weighted by Gasteiger charge is 2.14. The van der Waals surface area contributed by atoms with Crippen LogP contribution in [0.2, 0.25) is 0 Å². The predicted molar refractivity (Wildman–Crippen MR) is 85.6 cm³/mol. The van der Waals surface area contributed by atoms with Crippen LogP contribution in [0.3, 0.4) is 0 Å². The summed E-state index contributed by atoms with van der Waals surface area (Å²) in [7, 11) is 1.59. The quantitative estimate of drug-likeness (QED) is 0.885. The Morgan fingerprint density at radius 3 is 2.90 bits per heavy atom. The molecule has 0 saturated carbocycles. The van der Waals surface area contributed by atoms with Crippen LogP contribution in [0.25, 0.3) is 0 Å². The zero-order chi connectivity index (χ0) is 14.5. The van der Waals surface area contributed by atoms with Gasteiger partial charge in [0.2, 0.25) is 0 Å². The van der Waals surface area contributed by atoms with E-state index in [1.54, 1.807) is 24.5 Å². The van der Waals surface area contributed by atoms with Crippen molar-refractivity contribution in [1.29, 1.82) is 0 Å². The van der Waals surface area contributed by atoms with Gasteiger partial charge in [-0.3, -0.25) is 4.79 Å². The lowest BCUT2D eigenvalue weighted by Crippen LogP contribution is -2.34.